The summed E-state index contributed by atoms with van der Waals surface area (Å²) in [5.41, 5.74) is -0.501. The first kappa shape index (κ1) is 17.8. The van der Waals surface area contributed by atoms with Crippen molar-refractivity contribution in [2.45, 2.75) is 25.5 Å². The first-order chi connectivity index (χ1) is 12.6. The molecule has 0 aromatic heterocycles. The van der Waals surface area contributed by atoms with Crippen LogP contribution < -0.4 is 10.1 Å². The molecule has 6 nitrogen and oxygen atoms in total. The lowest BCUT2D eigenvalue weighted by atomic mass is 9.90. The molecule has 1 heterocycles. The number of anilines is 1. The highest BCUT2D eigenvalue weighted by Gasteiger charge is 2.63. The van der Waals surface area contributed by atoms with E-state index in [2.05, 4.69) is 5.32 Å². The van der Waals surface area contributed by atoms with Gasteiger partial charge in [0.1, 0.15) is 11.8 Å². The van der Waals surface area contributed by atoms with Gasteiger partial charge in [-0.05, 0) is 32.0 Å². The Kier molecular flexibility index (Phi) is 5.11. The van der Waals surface area contributed by atoms with Gasteiger partial charge in [-0.25, -0.2) is 9.59 Å². The van der Waals surface area contributed by atoms with Crippen LogP contribution in [-0.2, 0) is 19.1 Å². The number of fused-ring (bicyclic) bond motifs is 1. The van der Waals surface area contributed by atoms with Gasteiger partial charge in [-0.15, -0.1) is 0 Å². The molecular formula is C20H21NO5. The second kappa shape index (κ2) is 7.47. The molecule has 0 spiro atoms. The lowest BCUT2D eigenvalue weighted by Gasteiger charge is -2.30. The monoisotopic (exact) mass is 355 g/mol. The highest BCUT2D eigenvalue weighted by Crippen LogP contribution is 2.46. The van der Waals surface area contributed by atoms with E-state index < -0.39 is 23.6 Å². The number of nitrogens with one attached hydrogen (secondary N) is 1. The number of carbonyl (C=O) groups is 2. The molecule has 0 amide bonds. The smallest absolute Gasteiger partial charge is 0.365 e. The molecule has 1 atom stereocenters. The zero-order valence-corrected chi connectivity index (χ0v) is 14.7. The van der Waals surface area contributed by atoms with Gasteiger partial charge in [0.25, 0.3) is 0 Å². The molecule has 2 aromatic rings. The average Bonchev–Trinajstić information content (AvgIpc) is 2.99. The van der Waals surface area contributed by atoms with Gasteiger partial charge in [0.2, 0.25) is 0 Å². The highest BCUT2D eigenvalue weighted by molar-refractivity contribution is 6.06. The summed E-state index contributed by atoms with van der Waals surface area (Å²) in [6, 6.07) is 15.7. The summed E-state index contributed by atoms with van der Waals surface area (Å²) < 4.78 is 16.3. The van der Waals surface area contributed by atoms with Crippen LogP contribution in [0.2, 0.25) is 0 Å². The highest BCUT2D eigenvalue weighted by atomic mass is 16.6. The van der Waals surface area contributed by atoms with Crippen molar-refractivity contribution in [2.75, 3.05) is 18.5 Å². The molecule has 1 aliphatic heterocycles. The normalized spacial score (nSPS) is 16.9. The topological polar surface area (TPSA) is 73.9 Å². The number of para-hydroxylation sites is 2. The maximum atomic E-state index is 12.9. The summed E-state index contributed by atoms with van der Waals surface area (Å²) in [6.45, 7) is 3.60. The molecular weight excluding hydrogens is 334 g/mol. The number of benzene rings is 2. The fraction of sp³-hybridized carbons (Fsp3) is 0.300. The van der Waals surface area contributed by atoms with Crippen LogP contribution in [-0.4, -0.2) is 30.8 Å². The Balaban J connectivity index is 2.10. The van der Waals surface area contributed by atoms with Crippen LogP contribution in [0.4, 0.5) is 5.69 Å². The van der Waals surface area contributed by atoms with Crippen LogP contribution in [0.25, 0.3) is 0 Å². The summed E-state index contributed by atoms with van der Waals surface area (Å²) in [5.74, 6) is -1.10. The van der Waals surface area contributed by atoms with Gasteiger partial charge in [-0.1, -0.05) is 36.4 Å². The fourth-order valence-corrected chi connectivity index (χ4v) is 3.02. The molecule has 6 heteroatoms. The standard InChI is InChI=1S/C20H21NO5/c1-3-24-18(22)20(19(23)25-4-2)17(21-14-10-6-5-7-11-14)15-12-8-9-13-16(15)26-20/h5-13,17,21H,3-4H2,1-2H3. The van der Waals surface area contributed by atoms with Gasteiger partial charge < -0.3 is 19.5 Å². The van der Waals surface area contributed by atoms with E-state index in [1.54, 1.807) is 26.0 Å². The lowest BCUT2D eigenvalue weighted by Crippen LogP contribution is -2.57. The number of hydrogen-bond acceptors (Lipinski definition) is 6. The van der Waals surface area contributed by atoms with Crippen molar-refractivity contribution in [1.82, 2.24) is 0 Å². The predicted octanol–water partition coefficient (Wildman–Crippen LogP) is 3.10. The maximum absolute atomic E-state index is 12.9. The van der Waals surface area contributed by atoms with Crippen molar-refractivity contribution >= 4 is 17.6 Å². The first-order valence-electron chi connectivity index (χ1n) is 8.57. The molecule has 0 saturated carbocycles. The average molecular weight is 355 g/mol. The molecule has 26 heavy (non-hydrogen) atoms. The molecule has 1 unspecified atom stereocenters. The van der Waals surface area contributed by atoms with Gasteiger partial charge in [0, 0.05) is 11.3 Å². The van der Waals surface area contributed by atoms with E-state index >= 15 is 0 Å². The lowest BCUT2D eigenvalue weighted by molar-refractivity contribution is -0.179. The van der Waals surface area contributed by atoms with Crippen LogP contribution in [0.1, 0.15) is 25.5 Å². The van der Waals surface area contributed by atoms with Crippen LogP contribution in [0.5, 0.6) is 5.75 Å². The minimum absolute atomic E-state index is 0.123. The van der Waals surface area contributed by atoms with Gasteiger partial charge in [-0.3, -0.25) is 0 Å². The van der Waals surface area contributed by atoms with Crippen LogP contribution in [0.15, 0.2) is 54.6 Å². The minimum Gasteiger partial charge on any atom is -0.462 e. The number of rotatable bonds is 6. The van der Waals surface area contributed by atoms with Crippen molar-refractivity contribution in [1.29, 1.82) is 0 Å². The molecule has 0 radical (unpaired) electrons. The molecule has 1 aliphatic rings. The molecule has 0 fully saturated rings. The maximum Gasteiger partial charge on any atom is 0.365 e. The molecule has 0 saturated heterocycles. The SMILES string of the molecule is CCOC(=O)C1(C(=O)OCC)Oc2ccccc2C1Nc1ccccc1. The molecule has 0 bridgehead atoms. The fourth-order valence-electron chi connectivity index (χ4n) is 3.02. The summed E-state index contributed by atoms with van der Waals surface area (Å²) >= 11 is 0. The van der Waals surface area contributed by atoms with E-state index in [-0.39, 0.29) is 13.2 Å². The van der Waals surface area contributed by atoms with Gasteiger partial charge >= 0.3 is 17.5 Å². The van der Waals surface area contributed by atoms with Gasteiger partial charge in [0.05, 0.1) is 13.2 Å². The zero-order chi connectivity index (χ0) is 18.6. The Morgan fingerprint density at radius 1 is 0.962 bits per heavy atom. The Hall–Kier alpha value is -3.02. The summed E-state index contributed by atoms with van der Waals surface area (Å²) in [4.78, 5) is 25.7. The van der Waals surface area contributed by atoms with E-state index in [1.165, 1.54) is 0 Å². The van der Waals surface area contributed by atoms with Crippen molar-refractivity contribution in [3.63, 3.8) is 0 Å². The van der Waals surface area contributed by atoms with Crippen LogP contribution in [0, 0.1) is 0 Å². The first-order valence-corrected chi connectivity index (χ1v) is 8.57. The van der Waals surface area contributed by atoms with E-state index in [0.29, 0.717) is 11.3 Å². The van der Waals surface area contributed by atoms with Crippen molar-refractivity contribution < 1.29 is 23.8 Å². The summed E-state index contributed by atoms with van der Waals surface area (Å²) in [5, 5.41) is 3.24. The third-order valence-corrected chi connectivity index (χ3v) is 4.15. The molecule has 136 valence electrons. The number of carbonyl (C=O) groups excluding carboxylic acids is 2. The third kappa shape index (κ3) is 2.98. The van der Waals surface area contributed by atoms with Crippen molar-refractivity contribution in [3.05, 3.63) is 60.2 Å². The van der Waals surface area contributed by atoms with Gasteiger partial charge in [0.15, 0.2) is 0 Å². The Morgan fingerprint density at radius 3 is 2.15 bits per heavy atom. The van der Waals surface area contributed by atoms with Crippen LogP contribution >= 0.6 is 0 Å². The van der Waals surface area contributed by atoms with E-state index in [4.69, 9.17) is 14.2 Å². The van der Waals surface area contributed by atoms with Crippen LogP contribution in [0.3, 0.4) is 0 Å². The molecule has 3 rings (SSSR count). The number of hydrogen-bond donors (Lipinski definition) is 1. The second-order valence-electron chi connectivity index (χ2n) is 5.76. The quantitative estimate of drug-likeness (QED) is 0.634. The van der Waals surface area contributed by atoms with E-state index in [0.717, 1.165) is 5.69 Å². The Morgan fingerprint density at radius 2 is 1.54 bits per heavy atom. The molecule has 2 aromatic carbocycles. The van der Waals surface area contributed by atoms with E-state index in [9.17, 15) is 9.59 Å². The Labute approximate surface area is 152 Å². The molecule has 0 aliphatic carbocycles. The largest absolute Gasteiger partial charge is 0.462 e. The van der Waals surface area contributed by atoms with Crippen molar-refractivity contribution in [3.8, 4) is 5.75 Å². The summed E-state index contributed by atoms with van der Waals surface area (Å²) in [6.07, 6.45) is 0. The van der Waals surface area contributed by atoms with Gasteiger partial charge in [-0.2, -0.15) is 0 Å². The minimum atomic E-state index is -1.94. The zero-order valence-electron chi connectivity index (χ0n) is 14.7. The Bertz CT molecular complexity index is 772. The van der Waals surface area contributed by atoms with Crippen molar-refractivity contribution in [2.24, 2.45) is 0 Å². The van der Waals surface area contributed by atoms with E-state index in [1.807, 2.05) is 42.5 Å². The summed E-state index contributed by atoms with van der Waals surface area (Å²) in [7, 11) is 0. The predicted molar refractivity (Wildman–Crippen MR) is 95.9 cm³/mol. The molecule has 1 N–H and O–H groups in total. The number of esters is 2. The number of ether oxygens (including phenoxy) is 3. The third-order valence-electron chi connectivity index (χ3n) is 4.15. The second-order valence-corrected chi connectivity index (χ2v) is 5.76.